The van der Waals surface area contributed by atoms with Gasteiger partial charge in [-0.2, -0.15) is 5.26 Å². The maximum Gasteiger partial charge on any atom is 0.0628 e. The van der Waals surface area contributed by atoms with E-state index in [4.69, 9.17) is 10.5 Å². The number of nitriles is 1. The first-order valence-corrected chi connectivity index (χ1v) is 6.53. The normalized spacial score (nSPS) is 30.1. The molecule has 17 heavy (non-hydrogen) atoms. The van der Waals surface area contributed by atoms with Gasteiger partial charge < -0.3 is 10.1 Å². The van der Waals surface area contributed by atoms with Crippen molar-refractivity contribution in [2.24, 2.45) is 16.5 Å². The second-order valence-corrected chi connectivity index (χ2v) is 5.52. The molecule has 0 aromatic carbocycles. The fraction of sp³-hybridized carbons (Fsp3) is 0.846. The van der Waals surface area contributed by atoms with Gasteiger partial charge in [-0.1, -0.05) is 12.1 Å². The molecule has 1 saturated heterocycles. The fourth-order valence-electron chi connectivity index (χ4n) is 2.83. The van der Waals surface area contributed by atoms with E-state index in [2.05, 4.69) is 23.0 Å². The van der Waals surface area contributed by atoms with Gasteiger partial charge in [-0.15, -0.1) is 0 Å². The lowest BCUT2D eigenvalue weighted by Gasteiger charge is -2.34. The van der Waals surface area contributed by atoms with Crippen molar-refractivity contribution < 1.29 is 5.21 Å². The summed E-state index contributed by atoms with van der Waals surface area (Å²) in [5.41, 5.74) is 1.25. The highest BCUT2D eigenvalue weighted by atomic mass is 16.4. The smallest absolute Gasteiger partial charge is 0.0628 e. The first-order valence-electron chi connectivity index (χ1n) is 6.53. The molecular formula is C13H21N3O. The van der Waals surface area contributed by atoms with Gasteiger partial charge in [0.25, 0.3) is 0 Å². The van der Waals surface area contributed by atoms with Crippen molar-refractivity contribution in [3.63, 3.8) is 0 Å². The number of oxime groups is 1. The van der Waals surface area contributed by atoms with Crippen LogP contribution in [0.5, 0.6) is 0 Å². The monoisotopic (exact) mass is 235 g/mol. The Morgan fingerprint density at radius 2 is 2.35 bits per heavy atom. The Kier molecular flexibility index (Phi) is 3.68. The van der Waals surface area contributed by atoms with Gasteiger partial charge >= 0.3 is 0 Å². The molecular weight excluding hydrogens is 214 g/mol. The summed E-state index contributed by atoms with van der Waals surface area (Å²) in [6, 6.07) is 2.31. The SMILES string of the molecule is CCC1CN(CC2(CC#N)CC2)CCC1=NO. The second-order valence-electron chi connectivity index (χ2n) is 5.52. The van der Waals surface area contributed by atoms with Crippen LogP contribution in [-0.2, 0) is 0 Å². The average Bonchev–Trinajstić information content (AvgIpc) is 3.09. The molecule has 1 atom stereocenters. The molecule has 0 bridgehead atoms. The van der Waals surface area contributed by atoms with Crippen molar-refractivity contribution in [3.05, 3.63) is 0 Å². The Hall–Kier alpha value is -1.08. The van der Waals surface area contributed by atoms with Crippen LogP contribution in [0.3, 0.4) is 0 Å². The van der Waals surface area contributed by atoms with Gasteiger partial charge in [0.05, 0.1) is 11.8 Å². The van der Waals surface area contributed by atoms with Gasteiger partial charge in [0.1, 0.15) is 0 Å². The van der Waals surface area contributed by atoms with Crippen LogP contribution < -0.4 is 0 Å². The zero-order valence-electron chi connectivity index (χ0n) is 10.5. The summed E-state index contributed by atoms with van der Waals surface area (Å²) in [6.45, 7) is 5.16. The topological polar surface area (TPSA) is 59.6 Å². The molecule has 94 valence electrons. The molecule has 4 nitrogen and oxygen atoms in total. The third-order valence-corrected chi connectivity index (χ3v) is 4.23. The van der Waals surface area contributed by atoms with Crippen LogP contribution in [0.2, 0.25) is 0 Å². The molecule has 0 aromatic rings. The predicted molar refractivity (Wildman–Crippen MR) is 66.0 cm³/mol. The summed E-state index contributed by atoms with van der Waals surface area (Å²) in [5.74, 6) is 0.395. The van der Waals surface area contributed by atoms with Gasteiger partial charge in [-0.05, 0) is 24.7 Å². The number of nitrogens with zero attached hydrogens (tertiary/aromatic N) is 3. The van der Waals surface area contributed by atoms with Crippen molar-refractivity contribution >= 4 is 5.71 Å². The average molecular weight is 235 g/mol. The maximum atomic E-state index is 8.93. The van der Waals surface area contributed by atoms with Crippen molar-refractivity contribution in [3.8, 4) is 6.07 Å². The van der Waals surface area contributed by atoms with Gasteiger partial charge in [0.15, 0.2) is 0 Å². The summed E-state index contributed by atoms with van der Waals surface area (Å²) in [7, 11) is 0. The van der Waals surface area contributed by atoms with E-state index in [9.17, 15) is 0 Å². The minimum atomic E-state index is 0.293. The first kappa shape index (κ1) is 12.4. The van der Waals surface area contributed by atoms with Crippen LogP contribution >= 0.6 is 0 Å². The van der Waals surface area contributed by atoms with E-state index < -0.39 is 0 Å². The number of hydrogen-bond donors (Lipinski definition) is 1. The van der Waals surface area contributed by atoms with Crippen LogP contribution in [-0.4, -0.2) is 35.5 Å². The minimum absolute atomic E-state index is 0.293. The van der Waals surface area contributed by atoms with Crippen molar-refractivity contribution in [1.29, 1.82) is 5.26 Å². The van der Waals surface area contributed by atoms with Crippen LogP contribution in [0, 0.1) is 22.7 Å². The predicted octanol–water partition coefficient (Wildman–Crippen LogP) is 2.24. The molecule has 4 heteroatoms. The van der Waals surface area contributed by atoms with Gasteiger partial charge in [0, 0.05) is 38.4 Å². The Labute approximate surface area is 103 Å². The van der Waals surface area contributed by atoms with Crippen LogP contribution in [0.4, 0.5) is 0 Å². The van der Waals surface area contributed by atoms with E-state index in [1.807, 2.05) is 0 Å². The molecule has 0 spiro atoms. The van der Waals surface area contributed by atoms with Gasteiger partial charge in [-0.3, -0.25) is 0 Å². The number of piperidine rings is 1. The minimum Gasteiger partial charge on any atom is -0.411 e. The molecule has 1 unspecified atom stereocenters. The number of hydrogen-bond acceptors (Lipinski definition) is 4. The Bertz CT molecular complexity index is 341. The zero-order valence-corrected chi connectivity index (χ0v) is 10.5. The molecule has 1 aliphatic carbocycles. The largest absolute Gasteiger partial charge is 0.411 e. The third kappa shape index (κ3) is 2.78. The lowest BCUT2D eigenvalue weighted by Crippen LogP contribution is -2.43. The lowest BCUT2D eigenvalue weighted by atomic mass is 9.91. The molecule has 0 aromatic heterocycles. The van der Waals surface area contributed by atoms with E-state index >= 15 is 0 Å². The molecule has 1 N–H and O–H groups in total. The highest BCUT2D eigenvalue weighted by Gasteiger charge is 2.44. The van der Waals surface area contributed by atoms with E-state index in [0.29, 0.717) is 17.8 Å². The summed E-state index contributed by atoms with van der Waals surface area (Å²) < 4.78 is 0. The lowest BCUT2D eigenvalue weighted by molar-refractivity contribution is 0.189. The quantitative estimate of drug-likeness (QED) is 0.600. The standard InChI is InChI=1S/C13H21N3O/c1-2-11-9-16(8-3-12(11)15-17)10-13(4-5-13)6-7-14/h11,17H,2-6,8-10H2,1H3. The molecule has 0 radical (unpaired) electrons. The van der Waals surface area contributed by atoms with E-state index in [1.165, 1.54) is 12.8 Å². The van der Waals surface area contributed by atoms with Crippen LogP contribution in [0.15, 0.2) is 5.16 Å². The molecule has 1 saturated carbocycles. The molecule has 2 aliphatic rings. The molecule has 2 fully saturated rings. The number of likely N-dealkylation sites (tertiary alicyclic amines) is 1. The third-order valence-electron chi connectivity index (χ3n) is 4.23. The number of rotatable bonds is 4. The van der Waals surface area contributed by atoms with Crippen molar-refractivity contribution in [2.75, 3.05) is 19.6 Å². The Balaban J connectivity index is 1.90. The van der Waals surface area contributed by atoms with Crippen LogP contribution in [0.25, 0.3) is 0 Å². The van der Waals surface area contributed by atoms with Crippen LogP contribution in [0.1, 0.15) is 39.0 Å². The molecule has 2 rings (SSSR count). The van der Waals surface area contributed by atoms with E-state index in [-0.39, 0.29) is 0 Å². The van der Waals surface area contributed by atoms with Gasteiger partial charge in [0.2, 0.25) is 0 Å². The molecule has 1 heterocycles. The molecule has 0 amide bonds. The van der Waals surface area contributed by atoms with Crippen molar-refractivity contribution in [1.82, 2.24) is 4.90 Å². The second kappa shape index (κ2) is 5.05. The van der Waals surface area contributed by atoms with Crippen molar-refractivity contribution in [2.45, 2.75) is 39.0 Å². The maximum absolute atomic E-state index is 8.93. The summed E-state index contributed by atoms with van der Waals surface area (Å²) in [6.07, 6.45) is 5.00. The summed E-state index contributed by atoms with van der Waals surface area (Å²) in [5, 5.41) is 21.2. The summed E-state index contributed by atoms with van der Waals surface area (Å²) in [4.78, 5) is 2.45. The summed E-state index contributed by atoms with van der Waals surface area (Å²) >= 11 is 0. The fourth-order valence-corrected chi connectivity index (χ4v) is 2.83. The zero-order chi connectivity index (χ0) is 12.3. The first-order chi connectivity index (χ1) is 8.23. The Morgan fingerprint density at radius 1 is 1.59 bits per heavy atom. The molecule has 1 aliphatic heterocycles. The van der Waals surface area contributed by atoms with Gasteiger partial charge in [-0.25, -0.2) is 0 Å². The van der Waals surface area contributed by atoms with E-state index in [1.54, 1.807) is 0 Å². The Morgan fingerprint density at radius 3 is 2.88 bits per heavy atom. The van der Waals surface area contributed by atoms with E-state index in [0.717, 1.165) is 38.2 Å². The highest BCUT2D eigenvalue weighted by Crippen LogP contribution is 2.49. The highest BCUT2D eigenvalue weighted by molar-refractivity contribution is 5.87.